The molecule has 0 spiro atoms. The van der Waals surface area contributed by atoms with Crippen LogP contribution in [0.5, 0.6) is 5.75 Å². The Labute approximate surface area is 132 Å². The fraction of sp³-hybridized carbons (Fsp3) is 0.188. The van der Waals surface area contributed by atoms with Gasteiger partial charge >= 0.3 is 0 Å². The summed E-state index contributed by atoms with van der Waals surface area (Å²) in [5.74, 6) is 0.596. The first-order valence-corrected chi connectivity index (χ1v) is 7.40. The van der Waals surface area contributed by atoms with Crippen LogP contribution in [-0.4, -0.2) is 19.1 Å². The van der Waals surface area contributed by atoms with E-state index >= 15 is 0 Å². The van der Waals surface area contributed by atoms with E-state index in [0.717, 1.165) is 21.5 Å². The van der Waals surface area contributed by atoms with E-state index in [-0.39, 0.29) is 5.91 Å². The number of rotatable bonds is 5. The summed E-state index contributed by atoms with van der Waals surface area (Å²) in [7, 11) is 0. The minimum Gasteiger partial charge on any atom is -0.492 e. The first-order chi connectivity index (χ1) is 10.1. The molecule has 3 N–H and O–H groups in total. The van der Waals surface area contributed by atoms with Gasteiger partial charge in [-0.1, -0.05) is 15.9 Å². The monoisotopic (exact) mass is 348 g/mol. The molecule has 5 heteroatoms. The fourth-order valence-corrected chi connectivity index (χ4v) is 2.05. The Morgan fingerprint density at radius 3 is 2.57 bits per heavy atom. The number of benzene rings is 2. The van der Waals surface area contributed by atoms with Crippen LogP contribution in [0.2, 0.25) is 0 Å². The van der Waals surface area contributed by atoms with E-state index < -0.39 is 0 Å². The highest BCUT2D eigenvalue weighted by atomic mass is 79.9. The summed E-state index contributed by atoms with van der Waals surface area (Å²) in [4.78, 5) is 12.2. The molecule has 2 aromatic carbocycles. The van der Waals surface area contributed by atoms with Gasteiger partial charge in [0.25, 0.3) is 5.91 Å². The summed E-state index contributed by atoms with van der Waals surface area (Å²) < 4.78 is 6.37. The molecule has 0 fully saturated rings. The lowest BCUT2D eigenvalue weighted by Gasteiger charge is -2.08. The lowest BCUT2D eigenvalue weighted by atomic mass is 10.1. The van der Waals surface area contributed by atoms with Crippen LogP contribution in [0.25, 0.3) is 0 Å². The third-order valence-electron chi connectivity index (χ3n) is 2.92. The Morgan fingerprint density at radius 1 is 1.24 bits per heavy atom. The Bertz CT molecular complexity index is 627. The van der Waals surface area contributed by atoms with Crippen molar-refractivity contribution in [1.29, 1.82) is 0 Å². The van der Waals surface area contributed by atoms with Gasteiger partial charge in [0, 0.05) is 22.3 Å². The molecule has 0 aliphatic rings. The molecule has 2 aromatic rings. The molecule has 0 radical (unpaired) electrons. The molecule has 4 nitrogen and oxygen atoms in total. The summed E-state index contributed by atoms with van der Waals surface area (Å²) in [6.07, 6.45) is 0. The first-order valence-electron chi connectivity index (χ1n) is 6.60. The van der Waals surface area contributed by atoms with Gasteiger partial charge in [-0.05, 0) is 55.0 Å². The molecule has 0 bridgehead atoms. The molecule has 0 aromatic heterocycles. The number of carbonyl (C=O) groups is 1. The van der Waals surface area contributed by atoms with Gasteiger partial charge in [-0.15, -0.1) is 0 Å². The molecule has 21 heavy (non-hydrogen) atoms. The van der Waals surface area contributed by atoms with E-state index in [1.807, 2.05) is 19.1 Å². The van der Waals surface area contributed by atoms with Crippen LogP contribution in [-0.2, 0) is 0 Å². The predicted molar refractivity (Wildman–Crippen MR) is 87.8 cm³/mol. The molecule has 0 unspecified atom stereocenters. The highest BCUT2D eigenvalue weighted by Gasteiger charge is 2.07. The molecular formula is C16H17BrN2O2. The summed E-state index contributed by atoms with van der Waals surface area (Å²) in [5.41, 5.74) is 7.74. The molecule has 2 rings (SSSR count). The Kier molecular flexibility index (Phi) is 5.36. The van der Waals surface area contributed by atoms with E-state index in [4.69, 9.17) is 10.5 Å². The average molecular weight is 349 g/mol. The molecule has 0 saturated heterocycles. The van der Waals surface area contributed by atoms with Crippen LogP contribution < -0.4 is 15.8 Å². The first kappa shape index (κ1) is 15.5. The minimum absolute atomic E-state index is 0.138. The number of carbonyl (C=O) groups excluding carboxylic acids is 1. The Hall–Kier alpha value is -1.85. The molecule has 0 heterocycles. The molecule has 0 aliphatic carbocycles. The van der Waals surface area contributed by atoms with E-state index in [9.17, 15) is 4.79 Å². The molecular weight excluding hydrogens is 332 g/mol. The van der Waals surface area contributed by atoms with E-state index in [1.165, 1.54) is 0 Å². The zero-order valence-electron chi connectivity index (χ0n) is 11.7. The maximum absolute atomic E-state index is 12.2. The van der Waals surface area contributed by atoms with Crippen LogP contribution in [0.1, 0.15) is 15.9 Å². The maximum atomic E-state index is 12.2. The van der Waals surface area contributed by atoms with Gasteiger partial charge in [0.2, 0.25) is 0 Å². The van der Waals surface area contributed by atoms with Crippen molar-refractivity contribution in [3.05, 3.63) is 58.1 Å². The number of nitrogens with one attached hydrogen (secondary N) is 1. The van der Waals surface area contributed by atoms with Gasteiger partial charge in [0.05, 0.1) is 0 Å². The highest BCUT2D eigenvalue weighted by molar-refractivity contribution is 9.10. The number of amides is 1. The summed E-state index contributed by atoms with van der Waals surface area (Å²) in [6.45, 7) is 2.90. The van der Waals surface area contributed by atoms with Crippen molar-refractivity contribution in [1.82, 2.24) is 0 Å². The van der Waals surface area contributed by atoms with Crippen molar-refractivity contribution in [3.8, 4) is 5.75 Å². The second-order valence-corrected chi connectivity index (χ2v) is 5.43. The molecule has 0 atom stereocenters. The normalized spacial score (nSPS) is 10.2. The predicted octanol–water partition coefficient (Wildman–Crippen LogP) is 3.35. The molecule has 1 amide bonds. The topological polar surface area (TPSA) is 64.3 Å². The number of anilines is 1. The van der Waals surface area contributed by atoms with Gasteiger partial charge in [-0.3, -0.25) is 4.79 Å². The lowest BCUT2D eigenvalue weighted by Crippen LogP contribution is -2.12. The number of aryl methyl sites for hydroxylation is 1. The number of hydrogen-bond donors (Lipinski definition) is 2. The summed E-state index contributed by atoms with van der Waals surface area (Å²) in [5, 5.41) is 2.85. The van der Waals surface area contributed by atoms with E-state index in [0.29, 0.717) is 18.7 Å². The SMILES string of the molecule is Cc1cc(C(=O)Nc2ccc(OCCN)cc2)ccc1Br. The number of ether oxygens (including phenoxy) is 1. The highest BCUT2D eigenvalue weighted by Crippen LogP contribution is 2.19. The van der Waals surface area contributed by atoms with Crippen LogP contribution in [0.3, 0.4) is 0 Å². The zero-order valence-corrected chi connectivity index (χ0v) is 13.3. The molecule has 110 valence electrons. The lowest BCUT2D eigenvalue weighted by molar-refractivity contribution is 0.102. The third-order valence-corrected chi connectivity index (χ3v) is 3.81. The summed E-state index contributed by atoms with van der Waals surface area (Å²) in [6, 6.07) is 12.7. The standard InChI is InChI=1S/C16H17BrN2O2/c1-11-10-12(2-7-15(11)17)16(20)19-13-3-5-14(6-4-13)21-9-8-18/h2-7,10H,8-9,18H2,1H3,(H,19,20). The van der Waals surface area contributed by atoms with Crippen LogP contribution in [0, 0.1) is 6.92 Å². The Morgan fingerprint density at radius 2 is 1.95 bits per heavy atom. The van der Waals surface area contributed by atoms with Crippen molar-refractivity contribution in [2.75, 3.05) is 18.5 Å². The van der Waals surface area contributed by atoms with Crippen molar-refractivity contribution in [2.24, 2.45) is 5.73 Å². The minimum atomic E-state index is -0.138. The quantitative estimate of drug-likeness (QED) is 0.870. The number of nitrogens with two attached hydrogens (primary N) is 1. The fourth-order valence-electron chi connectivity index (χ4n) is 1.80. The smallest absolute Gasteiger partial charge is 0.255 e. The second-order valence-electron chi connectivity index (χ2n) is 4.58. The van der Waals surface area contributed by atoms with Crippen molar-refractivity contribution >= 4 is 27.5 Å². The largest absolute Gasteiger partial charge is 0.492 e. The van der Waals surface area contributed by atoms with Crippen molar-refractivity contribution in [3.63, 3.8) is 0 Å². The van der Waals surface area contributed by atoms with Gasteiger partial charge in [-0.25, -0.2) is 0 Å². The summed E-state index contributed by atoms with van der Waals surface area (Å²) >= 11 is 3.42. The van der Waals surface area contributed by atoms with Crippen molar-refractivity contribution < 1.29 is 9.53 Å². The van der Waals surface area contributed by atoms with Crippen molar-refractivity contribution in [2.45, 2.75) is 6.92 Å². The average Bonchev–Trinajstić information content (AvgIpc) is 2.49. The van der Waals surface area contributed by atoms with Crippen LogP contribution in [0.15, 0.2) is 46.9 Å². The maximum Gasteiger partial charge on any atom is 0.255 e. The zero-order chi connectivity index (χ0) is 15.2. The molecule has 0 aliphatic heterocycles. The van der Waals surface area contributed by atoms with Gasteiger partial charge in [0.15, 0.2) is 0 Å². The Balaban J connectivity index is 2.03. The number of halogens is 1. The van der Waals surface area contributed by atoms with Crippen LogP contribution in [0.4, 0.5) is 5.69 Å². The molecule has 0 saturated carbocycles. The third kappa shape index (κ3) is 4.31. The van der Waals surface area contributed by atoms with E-state index in [2.05, 4.69) is 21.2 Å². The van der Waals surface area contributed by atoms with Gasteiger partial charge in [0.1, 0.15) is 12.4 Å². The van der Waals surface area contributed by atoms with E-state index in [1.54, 1.807) is 30.3 Å². The number of hydrogen-bond acceptors (Lipinski definition) is 3. The second kappa shape index (κ2) is 7.24. The van der Waals surface area contributed by atoms with Crippen LogP contribution >= 0.6 is 15.9 Å². The van der Waals surface area contributed by atoms with Gasteiger partial charge < -0.3 is 15.8 Å². The van der Waals surface area contributed by atoms with Gasteiger partial charge in [-0.2, -0.15) is 0 Å².